The summed E-state index contributed by atoms with van der Waals surface area (Å²) in [5.74, 6) is 0.238. The number of sulfone groups is 1. The average Bonchev–Trinajstić information content (AvgIpc) is 2.60. The number of hydrogen-bond donors (Lipinski definition) is 0. The molecule has 1 aromatic heterocycles. The predicted octanol–water partition coefficient (Wildman–Crippen LogP) is -3.59. The summed E-state index contributed by atoms with van der Waals surface area (Å²) in [4.78, 5) is 13.6. The summed E-state index contributed by atoms with van der Waals surface area (Å²) in [6.07, 6.45) is 5.62. The van der Waals surface area contributed by atoms with Crippen molar-refractivity contribution in [1.29, 1.82) is 0 Å². The zero-order valence-electron chi connectivity index (χ0n) is 10.1. The van der Waals surface area contributed by atoms with Crippen molar-refractivity contribution in [1.82, 2.24) is 9.47 Å². The normalized spacial score (nSPS) is 18.8. The van der Waals surface area contributed by atoms with Crippen LogP contribution in [-0.2, 0) is 16.9 Å². The first-order valence-electron chi connectivity index (χ1n) is 5.51. The van der Waals surface area contributed by atoms with Gasteiger partial charge in [-0.25, -0.2) is 17.8 Å². The molecule has 18 heavy (non-hydrogen) atoms. The molecule has 1 aliphatic rings. The highest BCUT2D eigenvalue weighted by atomic mass is 127. The third-order valence-electron chi connectivity index (χ3n) is 2.82. The zero-order chi connectivity index (χ0) is 12.5. The largest absolute Gasteiger partial charge is 1.00 e. The molecule has 1 amide bonds. The minimum absolute atomic E-state index is 0. The molecule has 0 saturated carbocycles. The van der Waals surface area contributed by atoms with Gasteiger partial charge in [-0.15, -0.1) is 0 Å². The van der Waals surface area contributed by atoms with E-state index >= 15 is 0 Å². The van der Waals surface area contributed by atoms with E-state index in [0.717, 1.165) is 0 Å². The van der Waals surface area contributed by atoms with Crippen molar-refractivity contribution in [2.75, 3.05) is 24.6 Å². The van der Waals surface area contributed by atoms with Gasteiger partial charge in [-0.05, 0) is 6.42 Å². The molecule has 1 aromatic rings. The van der Waals surface area contributed by atoms with E-state index < -0.39 is 9.84 Å². The maximum atomic E-state index is 12.1. The lowest BCUT2D eigenvalue weighted by molar-refractivity contribution is -0.670. The highest BCUT2D eigenvalue weighted by Gasteiger charge is 2.26. The van der Waals surface area contributed by atoms with Gasteiger partial charge in [0.1, 0.15) is 12.4 Å². The Morgan fingerprint density at radius 1 is 1.28 bits per heavy atom. The molecule has 0 aromatic carbocycles. The number of rotatable bonds is 0. The lowest BCUT2D eigenvalue weighted by Gasteiger charge is -2.15. The van der Waals surface area contributed by atoms with Crippen LogP contribution in [0.4, 0.5) is 4.79 Å². The monoisotopic (exact) mass is 385 g/mol. The lowest BCUT2D eigenvalue weighted by atomic mass is 10.4. The predicted molar refractivity (Wildman–Crippen MR) is 61.2 cm³/mol. The van der Waals surface area contributed by atoms with Crippen molar-refractivity contribution >= 4 is 15.9 Å². The van der Waals surface area contributed by atoms with Crippen LogP contribution < -0.4 is 28.5 Å². The SMILES string of the molecule is C[n+]1ccn(C(=O)N2CCCS(=O)(=O)CC2)c1.[I-]. The fourth-order valence-electron chi connectivity index (χ4n) is 1.86. The number of amides is 1. The number of carbonyl (C=O) groups is 1. The van der Waals surface area contributed by atoms with Gasteiger partial charge in [0, 0.05) is 13.1 Å². The molecule has 6 nitrogen and oxygen atoms in total. The molecule has 0 N–H and O–H groups in total. The van der Waals surface area contributed by atoms with Crippen molar-refractivity contribution in [3.63, 3.8) is 0 Å². The standard InChI is InChI=1S/C10H16N3O3S.HI/c1-11-4-5-13(9-11)10(14)12-3-2-7-17(15,16)8-6-12;/h4-5,9H,2-3,6-8H2,1H3;1H/q+1;/p-1. The fraction of sp³-hybridized carbons (Fsp3) is 0.600. The van der Waals surface area contributed by atoms with Gasteiger partial charge >= 0.3 is 6.03 Å². The van der Waals surface area contributed by atoms with Crippen molar-refractivity contribution in [2.45, 2.75) is 6.42 Å². The summed E-state index contributed by atoms with van der Waals surface area (Å²) in [6, 6.07) is -0.164. The quantitative estimate of drug-likeness (QED) is 0.343. The summed E-state index contributed by atoms with van der Waals surface area (Å²) in [5.41, 5.74) is 0. The Morgan fingerprint density at radius 3 is 2.61 bits per heavy atom. The molecule has 102 valence electrons. The molecular formula is C10H16IN3O3S. The molecule has 1 fully saturated rings. The number of imidazole rings is 1. The fourth-order valence-corrected chi connectivity index (χ4v) is 3.13. The molecule has 2 heterocycles. The third-order valence-corrected chi connectivity index (χ3v) is 4.53. The van der Waals surface area contributed by atoms with Crippen LogP contribution in [0.25, 0.3) is 0 Å². The van der Waals surface area contributed by atoms with Crippen LogP contribution in [0.3, 0.4) is 0 Å². The van der Waals surface area contributed by atoms with Gasteiger partial charge < -0.3 is 28.9 Å². The summed E-state index contributed by atoms with van der Waals surface area (Å²) in [5, 5.41) is 0. The van der Waals surface area contributed by atoms with E-state index in [9.17, 15) is 13.2 Å². The number of nitrogens with zero attached hydrogens (tertiary/aromatic N) is 3. The first kappa shape index (κ1) is 15.4. The van der Waals surface area contributed by atoms with Gasteiger partial charge in [0.05, 0.1) is 18.6 Å². The molecule has 0 aliphatic carbocycles. The Balaban J connectivity index is 0.00000162. The zero-order valence-corrected chi connectivity index (χ0v) is 13.1. The van der Waals surface area contributed by atoms with Crippen LogP contribution in [0, 0.1) is 0 Å². The minimum atomic E-state index is -2.97. The van der Waals surface area contributed by atoms with Gasteiger partial charge in [0.2, 0.25) is 0 Å². The van der Waals surface area contributed by atoms with Gasteiger partial charge in [0.25, 0.3) is 6.33 Å². The van der Waals surface area contributed by atoms with E-state index in [1.807, 2.05) is 7.05 Å². The summed E-state index contributed by atoms with van der Waals surface area (Å²) in [6.45, 7) is 0.781. The summed E-state index contributed by atoms with van der Waals surface area (Å²) in [7, 11) is -1.14. The highest BCUT2D eigenvalue weighted by molar-refractivity contribution is 7.91. The smallest absolute Gasteiger partial charge is 0.415 e. The van der Waals surface area contributed by atoms with Crippen LogP contribution in [0.15, 0.2) is 18.7 Å². The molecule has 1 saturated heterocycles. The molecule has 0 atom stereocenters. The van der Waals surface area contributed by atoms with E-state index in [-0.39, 0.29) is 48.1 Å². The molecule has 1 aliphatic heterocycles. The number of aromatic nitrogens is 2. The number of aryl methyl sites for hydroxylation is 1. The second kappa shape index (κ2) is 6.00. The number of halogens is 1. The van der Waals surface area contributed by atoms with Gasteiger partial charge in [-0.3, -0.25) is 0 Å². The van der Waals surface area contributed by atoms with E-state index in [1.54, 1.807) is 28.2 Å². The Hall–Kier alpha value is -0.640. The molecule has 2 rings (SSSR count). The van der Waals surface area contributed by atoms with E-state index in [0.29, 0.717) is 13.0 Å². The van der Waals surface area contributed by atoms with E-state index in [4.69, 9.17) is 0 Å². The molecule has 0 unspecified atom stereocenters. The van der Waals surface area contributed by atoms with Crippen molar-refractivity contribution < 1.29 is 41.8 Å². The minimum Gasteiger partial charge on any atom is -1.00 e. The van der Waals surface area contributed by atoms with Gasteiger partial charge in [0.15, 0.2) is 9.84 Å². The maximum absolute atomic E-state index is 12.1. The number of hydrogen-bond acceptors (Lipinski definition) is 3. The number of carbonyl (C=O) groups excluding carboxylic acids is 1. The molecule has 0 spiro atoms. The Bertz CT molecular complexity index is 526. The maximum Gasteiger partial charge on any atom is 0.415 e. The van der Waals surface area contributed by atoms with E-state index in [2.05, 4.69) is 0 Å². The average molecular weight is 385 g/mol. The molecule has 0 bridgehead atoms. The van der Waals surface area contributed by atoms with Crippen molar-refractivity contribution in [3.8, 4) is 0 Å². The lowest BCUT2D eigenvalue weighted by Crippen LogP contribution is -3.00. The summed E-state index contributed by atoms with van der Waals surface area (Å²) < 4.78 is 26.1. The van der Waals surface area contributed by atoms with Crippen molar-refractivity contribution in [3.05, 3.63) is 18.7 Å². The third kappa shape index (κ3) is 3.67. The van der Waals surface area contributed by atoms with Crippen LogP contribution in [0.5, 0.6) is 0 Å². The van der Waals surface area contributed by atoms with E-state index in [1.165, 1.54) is 4.57 Å². The van der Waals surface area contributed by atoms with Crippen LogP contribution in [0.1, 0.15) is 6.42 Å². The Kier molecular flexibility index (Phi) is 5.14. The molecule has 8 heteroatoms. The van der Waals surface area contributed by atoms with Crippen molar-refractivity contribution in [2.24, 2.45) is 7.05 Å². The summed E-state index contributed by atoms with van der Waals surface area (Å²) >= 11 is 0. The topological polar surface area (TPSA) is 63.3 Å². The first-order chi connectivity index (χ1) is 7.98. The second-order valence-corrected chi connectivity index (χ2v) is 6.56. The second-order valence-electron chi connectivity index (χ2n) is 4.26. The van der Waals surface area contributed by atoms with Crippen LogP contribution in [-0.4, -0.2) is 48.5 Å². The Labute approximate surface area is 124 Å². The van der Waals surface area contributed by atoms with Crippen LogP contribution in [0.2, 0.25) is 0 Å². The molecule has 0 radical (unpaired) electrons. The van der Waals surface area contributed by atoms with Crippen LogP contribution >= 0.6 is 0 Å². The highest BCUT2D eigenvalue weighted by Crippen LogP contribution is 2.06. The Morgan fingerprint density at radius 2 is 2.00 bits per heavy atom. The van der Waals surface area contributed by atoms with Gasteiger partial charge in [-0.2, -0.15) is 4.57 Å². The van der Waals surface area contributed by atoms with Gasteiger partial charge in [-0.1, -0.05) is 0 Å². The molecular weight excluding hydrogens is 369 g/mol. The first-order valence-corrected chi connectivity index (χ1v) is 7.33.